The molecule has 98 valence electrons. The lowest BCUT2D eigenvalue weighted by atomic mass is 9.79. The van der Waals surface area contributed by atoms with Gasteiger partial charge in [-0.15, -0.1) is 0 Å². The predicted octanol–water partition coefficient (Wildman–Crippen LogP) is 1.15. The van der Waals surface area contributed by atoms with Crippen molar-refractivity contribution in [3.05, 3.63) is 0 Å². The van der Waals surface area contributed by atoms with Crippen molar-refractivity contribution in [2.45, 2.75) is 57.2 Å². The molecule has 0 spiro atoms. The highest BCUT2D eigenvalue weighted by Gasteiger charge is 2.42. The molecule has 0 aromatic heterocycles. The molecule has 0 radical (unpaired) electrons. The van der Waals surface area contributed by atoms with Gasteiger partial charge in [0.15, 0.2) is 0 Å². The lowest BCUT2D eigenvalue weighted by molar-refractivity contribution is -0.138. The van der Waals surface area contributed by atoms with Crippen molar-refractivity contribution in [3.8, 4) is 0 Å². The molecule has 4 heteroatoms. The molecule has 17 heavy (non-hydrogen) atoms. The Labute approximate surface area is 104 Å². The van der Waals surface area contributed by atoms with Crippen molar-refractivity contribution < 1.29 is 9.53 Å². The van der Waals surface area contributed by atoms with Crippen LogP contribution in [0.3, 0.4) is 0 Å². The molecule has 1 saturated heterocycles. The molecular formula is C13H24N2O2. The van der Waals surface area contributed by atoms with Gasteiger partial charge >= 0.3 is 0 Å². The topological polar surface area (TPSA) is 41.6 Å². The van der Waals surface area contributed by atoms with Crippen LogP contribution in [-0.4, -0.2) is 48.7 Å². The summed E-state index contributed by atoms with van der Waals surface area (Å²) in [6, 6.07) is 0.382. The fraction of sp³-hybridized carbons (Fsp3) is 0.923. The van der Waals surface area contributed by atoms with E-state index in [0.717, 1.165) is 32.4 Å². The number of nitrogens with zero attached hydrogens (tertiary/aromatic N) is 1. The lowest BCUT2D eigenvalue weighted by Gasteiger charge is -2.43. The van der Waals surface area contributed by atoms with Gasteiger partial charge in [0.1, 0.15) is 0 Å². The maximum absolute atomic E-state index is 12.2. The van der Waals surface area contributed by atoms with Gasteiger partial charge in [-0.1, -0.05) is 13.8 Å². The van der Waals surface area contributed by atoms with Gasteiger partial charge in [-0.05, 0) is 25.7 Å². The second-order valence-electron chi connectivity index (χ2n) is 5.66. The van der Waals surface area contributed by atoms with E-state index in [-0.39, 0.29) is 17.6 Å². The normalized spacial score (nSPS) is 27.6. The number of hydrogen-bond acceptors (Lipinski definition) is 3. The third-order valence-corrected chi connectivity index (χ3v) is 4.01. The van der Waals surface area contributed by atoms with Crippen LogP contribution in [0.15, 0.2) is 0 Å². The monoisotopic (exact) mass is 240 g/mol. The quantitative estimate of drug-likeness (QED) is 0.784. The van der Waals surface area contributed by atoms with E-state index in [4.69, 9.17) is 4.74 Å². The molecule has 2 aliphatic rings. The fourth-order valence-corrected chi connectivity index (χ4v) is 2.80. The van der Waals surface area contributed by atoms with Crippen LogP contribution in [0.25, 0.3) is 0 Å². The van der Waals surface area contributed by atoms with Gasteiger partial charge in [-0.25, -0.2) is 0 Å². The fourth-order valence-electron chi connectivity index (χ4n) is 2.80. The number of rotatable bonds is 5. The first-order valence-electron chi connectivity index (χ1n) is 6.66. The van der Waals surface area contributed by atoms with Crippen LogP contribution in [0.1, 0.15) is 39.5 Å². The maximum Gasteiger partial charge on any atom is 0.239 e. The zero-order valence-corrected chi connectivity index (χ0v) is 11.2. The Morgan fingerprint density at radius 3 is 2.71 bits per heavy atom. The van der Waals surface area contributed by atoms with Crippen molar-refractivity contribution in [3.63, 3.8) is 0 Å². The van der Waals surface area contributed by atoms with Gasteiger partial charge in [-0.2, -0.15) is 0 Å². The minimum Gasteiger partial charge on any atom is -0.376 e. The molecule has 0 aromatic rings. The maximum atomic E-state index is 12.2. The molecule has 0 aromatic carbocycles. The van der Waals surface area contributed by atoms with E-state index in [1.807, 2.05) is 4.90 Å². The van der Waals surface area contributed by atoms with Crippen LogP contribution in [0, 0.1) is 0 Å². The molecule has 1 aliphatic heterocycles. The lowest BCUT2D eigenvalue weighted by Crippen LogP contribution is -2.51. The van der Waals surface area contributed by atoms with Crippen LogP contribution >= 0.6 is 0 Å². The van der Waals surface area contributed by atoms with Gasteiger partial charge in [0, 0.05) is 26.2 Å². The van der Waals surface area contributed by atoms with E-state index >= 15 is 0 Å². The van der Waals surface area contributed by atoms with Crippen molar-refractivity contribution in [1.82, 2.24) is 10.2 Å². The van der Waals surface area contributed by atoms with E-state index in [9.17, 15) is 4.79 Å². The molecule has 1 amide bonds. The highest BCUT2D eigenvalue weighted by Crippen LogP contribution is 2.36. The molecule has 1 heterocycles. The van der Waals surface area contributed by atoms with Gasteiger partial charge in [-0.3, -0.25) is 4.79 Å². The molecule has 0 bridgehead atoms. The Hall–Kier alpha value is -0.610. The average molecular weight is 240 g/mol. The minimum atomic E-state index is -0.0393. The van der Waals surface area contributed by atoms with Gasteiger partial charge < -0.3 is 15.0 Å². The number of ether oxygens (including phenoxy) is 1. The largest absolute Gasteiger partial charge is 0.376 e. The molecule has 1 N–H and O–H groups in total. The number of nitrogens with one attached hydrogen (secondary N) is 1. The highest BCUT2D eigenvalue weighted by molar-refractivity contribution is 5.84. The summed E-state index contributed by atoms with van der Waals surface area (Å²) in [5, 5.41) is 3.33. The molecule has 1 aliphatic carbocycles. The summed E-state index contributed by atoms with van der Waals surface area (Å²) in [5.74, 6) is 0.252. The summed E-state index contributed by atoms with van der Waals surface area (Å²) >= 11 is 0. The second-order valence-corrected chi connectivity index (χ2v) is 5.66. The number of carbonyl (C=O) groups is 1. The van der Waals surface area contributed by atoms with Crippen molar-refractivity contribution >= 4 is 5.91 Å². The summed E-state index contributed by atoms with van der Waals surface area (Å²) in [5.41, 5.74) is -0.0393. The summed E-state index contributed by atoms with van der Waals surface area (Å²) in [6.45, 7) is 5.81. The summed E-state index contributed by atoms with van der Waals surface area (Å²) < 4.78 is 5.59. The number of methoxy groups -OCH3 is 1. The number of carbonyl (C=O) groups excluding carboxylic acids is 1. The molecule has 4 nitrogen and oxygen atoms in total. The van der Waals surface area contributed by atoms with Crippen molar-refractivity contribution in [1.29, 1.82) is 0 Å². The Bertz CT molecular complexity index is 282. The van der Waals surface area contributed by atoms with Crippen LogP contribution in [0.4, 0.5) is 0 Å². The Morgan fingerprint density at radius 2 is 2.24 bits per heavy atom. The van der Waals surface area contributed by atoms with Crippen LogP contribution in [-0.2, 0) is 9.53 Å². The van der Waals surface area contributed by atoms with Crippen molar-refractivity contribution in [2.24, 2.45) is 0 Å². The molecule has 1 atom stereocenters. The average Bonchev–Trinajstić information content (AvgIpc) is 2.54. The highest BCUT2D eigenvalue weighted by atomic mass is 16.5. The predicted molar refractivity (Wildman–Crippen MR) is 66.8 cm³/mol. The Kier molecular flexibility index (Phi) is 3.73. The zero-order valence-electron chi connectivity index (χ0n) is 11.2. The first kappa shape index (κ1) is 12.8. The summed E-state index contributed by atoms with van der Waals surface area (Å²) in [7, 11) is 1.77. The SMILES string of the molecule is COC1(CN2CCC(NC(C)C)C2=O)CCC1. The molecule has 1 unspecified atom stereocenters. The third-order valence-electron chi connectivity index (χ3n) is 4.01. The first-order valence-corrected chi connectivity index (χ1v) is 6.66. The smallest absolute Gasteiger partial charge is 0.239 e. The van der Waals surface area contributed by atoms with E-state index in [1.165, 1.54) is 6.42 Å². The molecule has 1 saturated carbocycles. The standard InChI is InChI=1S/C13H24N2O2/c1-10(2)14-11-5-8-15(12(11)16)9-13(17-3)6-4-7-13/h10-11,14H,4-9H2,1-3H3. The number of hydrogen-bond donors (Lipinski definition) is 1. The van der Waals surface area contributed by atoms with E-state index in [0.29, 0.717) is 6.04 Å². The van der Waals surface area contributed by atoms with Gasteiger partial charge in [0.25, 0.3) is 0 Å². The van der Waals surface area contributed by atoms with E-state index < -0.39 is 0 Å². The summed E-state index contributed by atoms with van der Waals surface area (Å²) in [6.07, 6.45) is 4.34. The molecule has 2 rings (SSSR count). The van der Waals surface area contributed by atoms with Crippen LogP contribution in [0.5, 0.6) is 0 Å². The van der Waals surface area contributed by atoms with Crippen molar-refractivity contribution in [2.75, 3.05) is 20.2 Å². The zero-order chi connectivity index (χ0) is 12.5. The van der Waals surface area contributed by atoms with Gasteiger partial charge in [0.2, 0.25) is 5.91 Å². The molecule has 2 fully saturated rings. The van der Waals surface area contributed by atoms with Gasteiger partial charge in [0.05, 0.1) is 11.6 Å². The minimum absolute atomic E-state index is 0.0176. The first-order chi connectivity index (χ1) is 8.06. The number of amides is 1. The number of likely N-dealkylation sites (tertiary alicyclic amines) is 1. The van der Waals surface area contributed by atoms with E-state index in [1.54, 1.807) is 7.11 Å². The summed E-state index contributed by atoms with van der Waals surface area (Å²) in [4.78, 5) is 14.2. The van der Waals surface area contributed by atoms with E-state index in [2.05, 4.69) is 19.2 Å². The van der Waals surface area contributed by atoms with Crippen LogP contribution < -0.4 is 5.32 Å². The van der Waals surface area contributed by atoms with Crippen LogP contribution in [0.2, 0.25) is 0 Å². The Morgan fingerprint density at radius 1 is 1.53 bits per heavy atom. The third kappa shape index (κ3) is 2.63. The molecular weight excluding hydrogens is 216 g/mol. The second kappa shape index (κ2) is 4.94. The Balaban J connectivity index is 1.89.